The van der Waals surface area contributed by atoms with Crippen LogP contribution in [-0.4, -0.2) is 42.9 Å². The van der Waals surface area contributed by atoms with Gasteiger partial charge in [0.15, 0.2) is 0 Å². The first-order chi connectivity index (χ1) is 11.6. The molecule has 1 aliphatic carbocycles. The lowest BCUT2D eigenvalue weighted by Crippen LogP contribution is -2.49. The van der Waals surface area contributed by atoms with E-state index < -0.39 is 11.4 Å². The number of piperidine rings is 1. The van der Waals surface area contributed by atoms with E-state index in [4.69, 9.17) is 0 Å². The standard InChI is InChI=1S/C18H27N3O2S/c1-19-16-5-3-12-21(17(16)22)15-8-6-14(7-9-15)18(10-4-11-18)13-20-24(2)23/h6-9,16,19-20H,3-5,10-13H2,1-2H3. The van der Waals surface area contributed by atoms with Crippen LogP contribution in [0.15, 0.2) is 24.3 Å². The maximum Gasteiger partial charge on any atom is 0.244 e. The summed E-state index contributed by atoms with van der Waals surface area (Å²) in [6, 6.07) is 8.35. The summed E-state index contributed by atoms with van der Waals surface area (Å²) in [6.07, 6.45) is 7.08. The number of likely N-dealkylation sites (N-methyl/N-ethyl adjacent to an activating group) is 1. The SMILES string of the molecule is CNC1CCCN(c2ccc(C3(CN[S+](C)[O-])CCC3)cc2)C1=O. The molecule has 2 N–H and O–H groups in total. The second-order valence-electron chi connectivity index (χ2n) is 6.93. The maximum atomic E-state index is 12.5. The van der Waals surface area contributed by atoms with Crippen molar-refractivity contribution in [2.24, 2.45) is 0 Å². The van der Waals surface area contributed by atoms with Crippen molar-refractivity contribution < 1.29 is 9.35 Å². The van der Waals surface area contributed by atoms with E-state index in [0.717, 1.165) is 44.5 Å². The third-order valence-electron chi connectivity index (χ3n) is 5.50. The molecule has 0 aromatic heterocycles. The van der Waals surface area contributed by atoms with Crippen molar-refractivity contribution in [3.05, 3.63) is 29.8 Å². The molecule has 1 aromatic rings. The maximum absolute atomic E-state index is 12.5. The summed E-state index contributed by atoms with van der Waals surface area (Å²) in [7, 11) is 1.85. The number of amides is 1. The highest BCUT2D eigenvalue weighted by atomic mass is 32.2. The molecular weight excluding hydrogens is 322 g/mol. The van der Waals surface area contributed by atoms with Crippen LogP contribution in [0, 0.1) is 0 Å². The van der Waals surface area contributed by atoms with Crippen LogP contribution in [-0.2, 0) is 21.6 Å². The van der Waals surface area contributed by atoms with E-state index >= 15 is 0 Å². The first-order valence-corrected chi connectivity index (χ1v) is 10.3. The van der Waals surface area contributed by atoms with Crippen molar-refractivity contribution in [1.82, 2.24) is 10.0 Å². The van der Waals surface area contributed by atoms with E-state index in [9.17, 15) is 9.35 Å². The summed E-state index contributed by atoms with van der Waals surface area (Å²) >= 11 is -0.982. The van der Waals surface area contributed by atoms with Crippen molar-refractivity contribution in [3.8, 4) is 0 Å². The highest BCUT2D eigenvalue weighted by Crippen LogP contribution is 2.43. The number of nitrogens with zero attached hydrogens (tertiary/aromatic N) is 1. The molecule has 24 heavy (non-hydrogen) atoms. The van der Waals surface area contributed by atoms with Crippen molar-refractivity contribution in [2.75, 3.05) is 31.3 Å². The van der Waals surface area contributed by atoms with Crippen molar-refractivity contribution in [1.29, 1.82) is 0 Å². The smallest absolute Gasteiger partial charge is 0.244 e. The Kier molecular flexibility index (Phi) is 5.49. The van der Waals surface area contributed by atoms with Gasteiger partial charge in [0.1, 0.15) is 6.26 Å². The van der Waals surface area contributed by atoms with Gasteiger partial charge >= 0.3 is 0 Å². The molecule has 0 bridgehead atoms. The minimum Gasteiger partial charge on any atom is -0.598 e. The Bertz CT molecular complexity index is 572. The van der Waals surface area contributed by atoms with Gasteiger partial charge in [-0.2, -0.15) is 0 Å². The van der Waals surface area contributed by atoms with Gasteiger partial charge in [0, 0.05) is 29.0 Å². The quantitative estimate of drug-likeness (QED) is 0.767. The summed E-state index contributed by atoms with van der Waals surface area (Å²) in [5, 5.41) is 3.11. The van der Waals surface area contributed by atoms with E-state index in [-0.39, 0.29) is 17.4 Å². The largest absolute Gasteiger partial charge is 0.598 e. The predicted octanol–water partition coefficient (Wildman–Crippen LogP) is 1.71. The van der Waals surface area contributed by atoms with Gasteiger partial charge in [0.25, 0.3) is 0 Å². The lowest BCUT2D eigenvalue weighted by atomic mass is 9.64. The minimum atomic E-state index is -0.982. The zero-order chi connectivity index (χ0) is 17.2. The molecule has 2 aliphatic rings. The Morgan fingerprint density at radius 3 is 2.54 bits per heavy atom. The first kappa shape index (κ1) is 17.7. The van der Waals surface area contributed by atoms with Gasteiger partial charge < -0.3 is 14.8 Å². The number of rotatable bonds is 6. The van der Waals surface area contributed by atoms with Gasteiger partial charge in [0.2, 0.25) is 5.91 Å². The fraction of sp³-hybridized carbons (Fsp3) is 0.611. The molecule has 1 amide bonds. The topological polar surface area (TPSA) is 67.4 Å². The normalized spacial score (nSPS) is 24.5. The summed E-state index contributed by atoms with van der Waals surface area (Å²) in [5.41, 5.74) is 2.36. The van der Waals surface area contributed by atoms with Crippen LogP contribution in [0.5, 0.6) is 0 Å². The van der Waals surface area contributed by atoms with Crippen LogP contribution in [0.2, 0.25) is 0 Å². The van der Waals surface area contributed by atoms with Crippen LogP contribution in [0.4, 0.5) is 5.69 Å². The number of hydrogen-bond acceptors (Lipinski definition) is 4. The lowest BCUT2D eigenvalue weighted by molar-refractivity contribution is -0.121. The molecule has 3 rings (SSSR count). The molecule has 5 nitrogen and oxygen atoms in total. The summed E-state index contributed by atoms with van der Waals surface area (Å²) < 4.78 is 14.5. The second-order valence-corrected chi connectivity index (χ2v) is 8.13. The van der Waals surface area contributed by atoms with Gasteiger partial charge in [-0.1, -0.05) is 18.6 Å². The molecule has 6 heteroatoms. The van der Waals surface area contributed by atoms with E-state index in [0.29, 0.717) is 0 Å². The highest BCUT2D eigenvalue weighted by molar-refractivity contribution is 7.88. The fourth-order valence-electron chi connectivity index (χ4n) is 3.81. The summed E-state index contributed by atoms with van der Waals surface area (Å²) in [6.45, 7) is 1.54. The first-order valence-electron chi connectivity index (χ1n) is 8.72. The Balaban J connectivity index is 1.74. The number of carbonyl (C=O) groups is 1. The van der Waals surface area contributed by atoms with Crippen LogP contribution in [0.1, 0.15) is 37.7 Å². The number of nitrogens with one attached hydrogen (secondary N) is 2. The van der Waals surface area contributed by atoms with E-state index in [1.54, 1.807) is 6.26 Å². The molecular formula is C18H27N3O2S. The van der Waals surface area contributed by atoms with Gasteiger partial charge in [-0.3, -0.25) is 4.79 Å². The summed E-state index contributed by atoms with van der Waals surface area (Å²) in [4.78, 5) is 14.4. The minimum absolute atomic E-state index is 0.0693. The van der Waals surface area contributed by atoms with Crippen LogP contribution in [0.3, 0.4) is 0 Å². The second kappa shape index (κ2) is 7.44. The van der Waals surface area contributed by atoms with Crippen molar-refractivity contribution in [2.45, 2.75) is 43.6 Å². The Morgan fingerprint density at radius 2 is 2.00 bits per heavy atom. The molecule has 1 saturated heterocycles. The highest BCUT2D eigenvalue weighted by Gasteiger charge is 2.39. The van der Waals surface area contributed by atoms with Gasteiger partial charge in [-0.25, -0.2) is 0 Å². The third kappa shape index (κ3) is 3.47. The van der Waals surface area contributed by atoms with Gasteiger partial charge in [0.05, 0.1) is 12.6 Å². The van der Waals surface area contributed by atoms with Crippen molar-refractivity contribution >= 4 is 23.0 Å². The summed E-state index contributed by atoms with van der Waals surface area (Å²) in [5.74, 6) is 0.165. The molecule has 2 atom stereocenters. The molecule has 2 fully saturated rings. The van der Waals surface area contributed by atoms with Crippen LogP contribution >= 0.6 is 0 Å². The Hall–Kier alpha value is -1.08. The predicted molar refractivity (Wildman–Crippen MR) is 98.5 cm³/mol. The van der Waals surface area contributed by atoms with E-state index in [2.05, 4.69) is 34.3 Å². The average Bonchev–Trinajstić information content (AvgIpc) is 2.54. The number of carbonyl (C=O) groups excluding carboxylic acids is 1. The average molecular weight is 350 g/mol. The van der Waals surface area contributed by atoms with Gasteiger partial charge in [-0.15, -0.1) is 4.72 Å². The molecule has 1 heterocycles. The van der Waals surface area contributed by atoms with E-state index in [1.165, 1.54) is 12.0 Å². The zero-order valence-electron chi connectivity index (χ0n) is 14.5. The molecule has 1 aromatic carbocycles. The zero-order valence-corrected chi connectivity index (χ0v) is 15.3. The van der Waals surface area contributed by atoms with Crippen LogP contribution < -0.4 is 14.9 Å². The number of benzene rings is 1. The van der Waals surface area contributed by atoms with E-state index in [1.807, 2.05) is 11.9 Å². The Morgan fingerprint density at radius 1 is 1.29 bits per heavy atom. The lowest BCUT2D eigenvalue weighted by Gasteiger charge is -2.42. The van der Waals surface area contributed by atoms with Crippen LogP contribution in [0.25, 0.3) is 0 Å². The molecule has 2 unspecified atom stereocenters. The molecule has 0 spiro atoms. The van der Waals surface area contributed by atoms with Gasteiger partial charge in [-0.05, 0) is 50.4 Å². The number of hydrogen-bond donors (Lipinski definition) is 2. The number of anilines is 1. The fourth-order valence-corrected chi connectivity index (χ4v) is 4.28. The monoisotopic (exact) mass is 349 g/mol. The molecule has 132 valence electrons. The van der Waals surface area contributed by atoms with Crippen molar-refractivity contribution in [3.63, 3.8) is 0 Å². The Labute approximate surface area is 147 Å². The molecule has 1 aliphatic heterocycles. The third-order valence-corrected chi connectivity index (χ3v) is 6.05. The molecule has 0 radical (unpaired) electrons. The molecule has 1 saturated carbocycles.